The molecule has 0 aromatic carbocycles. The van der Waals surface area contributed by atoms with Gasteiger partial charge in [0.05, 0.1) is 6.04 Å². The van der Waals surface area contributed by atoms with Crippen molar-refractivity contribution < 1.29 is 4.79 Å². The van der Waals surface area contributed by atoms with Gasteiger partial charge in [0.2, 0.25) is 5.91 Å². The molecule has 0 aliphatic carbocycles. The second kappa shape index (κ2) is 4.71. The van der Waals surface area contributed by atoms with Gasteiger partial charge in [0.25, 0.3) is 0 Å². The molecule has 0 saturated carbocycles. The van der Waals surface area contributed by atoms with Gasteiger partial charge in [-0.05, 0) is 6.92 Å². The number of nitrogens with zero attached hydrogens (tertiary/aromatic N) is 3. The van der Waals surface area contributed by atoms with E-state index in [0.29, 0.717) is 13.0 Å². The van der Waals surface area contributed by atoms with Crippen LogP contribution in [-0.2, 0) is 18.3 Å². The number of hydrogen-bond donors (Lipinski definition) is 2. The summed E-state index contributed by atoms with van der Waals surface area (Å²) in [5, 5.41) is 6.76. The molecule has 3 N–H and O–H groups in total. The molecule has 1 aromatic heterocycles. The summed E-state index contributed by atoms with van der Waals surface area (Å²) < 4.78 is 1.63. The standard InChI is InChI=1S/C8H15N5O/c1-6(9)8(14)10-4-3-7-11-5-13(2)12-7/h5-6H,3-4,9H2,1-2H3,(H,10,14)/t6-/m0/s1. The first kappa shape index (κ1) is 10.6. The Hall–Kier alpha value is -1.43. The Morgan fingerprint density at radius 1 is 1.79 bits per heavy atom. The van der Waals surface area contributed by atoms with Crippen LogP contribution in [0, 0.1) is 0 Å². The lowest BCUT2D eigenvalue weighted by atomic mass is 10.3. The number of nitrogens with two attached hydrogens (primary N) is 1. The third-order valence-corrected chi connectivity index (χ3v) is 1.71. The average Bonchev–Trinajstić information content (AvgIpc) is 2.51. The molecule has 6 heteroatoms. The van der Waals surface area contributed by atoms with Crippen LogP contribution in [0.3, 0.4) is 0 Å². The number of aromatic nitrogens is 3. The van der Waals surface area contributed by atoms with Crippen LogP contribution in [0.4, 0.5) is 0 Å². The Balaban J connectivity index is 2.25. The highest BCUT2D eigenvalue weighted by Crippen LogP contribution is 1.88. The lowest BCUT2D eigenvalue weighted by Gasteiger charge is -2.05. The zero-order valence-electron chi connectivity index (χ0n) is 8.40. The van der Waals surface area contributed by atoms with Crippen molar-refractivity contribution in [2.75, 3.05) is 6.54 Å². The van der Waals surface area contributed by atoms with Crippen LogP contribution in [0.15, 0.2) is 6.33 Å². The molecule has 6 nitrogen and oxygen atoms in total. The number of carbonyl (C=O) groups excluding carboxylic acids is 1. The third kappa shape index (κ3) is 3.14. The van der Waals surface area contributed by atoms with Crippen molar-refractivity contribution in [3.8, 4) is 0 Å². The van der Waals surface area contributed by atoms with E-state index >= 15 is 0 Å². The summed E-state index contributed by atoms with van der Waals surface area (Å²) in [6, 6.07) is -0.466. The quantitative estimate of drug-likeness (QED) is 0.636. The molecule has 0 aliphatic heterocycles. The van der Waals surface area contributed by atoms with Gasteiger partial charge < -0.3 is 11.1 Å². The van der Waals surface area contributed by atoms with Crippen molar-refractivity contribution in [2.24, 2.45) is 12.8 Å². The number of hydrogen-bond acceptors (Lipinski definition) is 4. The van der Waals surface area contributed by atoms with Crippen molar-refractivity contribution in [1.82, 2.24) is 20.1 Å². The second-order valence-corrected chi connectivity index (χ2v) is 3.16. The van der Waals surface area contributed by atoms with Gasteiger partial charge in [-0.15, -0.1) is 0 Å². The molecule has 78 valence electrons. The van der Waals surface area contributed by atoms with E-state index in [0.717, 1.165) is 5.82 Å². The van der Waals surface area contributed by atoms with Gasteiger partial charge in [-0.25, -0.2) is 4.98 Å². The lowest BCUT2D eigenvalue weighted by Crippen LogP contribution is -2.39. The Morgan fingerprint density at radius 2 is 2.50 bits per heavy atom. The Kier molecular flexibility index (Phi) is 3.58. The number of carbonyl (C=O) groups is 1. The van der Waals surface area contributed by atoms with Crippen molar-refractivity contribution in [3.63, 3.8) is 0 Å². The van der Waals surface area contributed by atoms with Crippen LogP contribution in [0.2, 0.25) is 0 Å². The van der Waals surface area contributed by atoms with E-state index in [-0.39, 0.29) is 5.91 Å². The van der Waals surface area contributed by atoms with E-state index in [1.807, 2.05) is 0 Å². The fourth-order valence-corrected chi connectivity index (χ4v) is 0.957. The van der Waals surface area contributed by atoms with Crippen LogP contribution < -0.4 is 11.1 Å². The summed E-state index contributed by atoms with van der Waals surface area (Å²) in [6.07, 6.45) is 2.25. The molecule has 1 atom stereocenters. The topological polar surface area (TPSA) is 85.8 Å². The monoisotopic (exact) mass is 197 g/mol. The molecule has 1 rings (SSSR count). The number of amides is 1. The fraction of sp³-hybridized carbons (Fsp3) is 0.625. The highest BCUT2D eigenvalue weighted by Gasteiger charge is 2.06. The third-order valence-electron chi connectivity index (χ3n) is 1.71. The largest absolute Gasteiger partial charge is 0.354 e. The highest BCUT2D eigenvalue weighted by molar-refractivity contribution is 5.80. The van der Waals surface area contributed by atoms with Crippen LogP contribution >= 0.6 is 0 Å². The van der Waals surface area contributed by atoms with Crippen molar-refractivity contribution in [3.05, 3.63) is 12.2 Å². The van der Waals surface area contributed by atoms with E-state index in [1.165, 1.54) is 0 Å². The average molecular weight is 197 g/mol. The molecule has 0 fully saturated rings. The Bertz CT molecular complexity index is 306. The lowest BCUT2D eigenvalue weighted by molar-refractivity contribution is -0.121. The van der Waals surface area contributed by atoms with Crippen LogP contribution in [-0.4, -0.2) is 33.3 Å². The van der Waals surface area contributed by atoms with Gasteiger partial charge in [0, 0.05) is 20.0 Å². The zero-order chi connectivity index (χ0) is 10.6. The Morgan fingerprint density at radius 3 is 3.00 bits per heavy atom. The first-order valence-electron chi connectivity index (χ1n) is 4.47. The molecule has 1 aromatic rings. The molecule has 0 radical (unpaired) electrons. The van der Waals surface area contributed by atoms with Crippen molar-refractivity contribution in [1.29, 1.82) is 0 Å². The van der Waals surface area contributed by atoms with Crippen molar-refractivity contribution in [2.45, 2.75) is 19.4 Å². The minimum Gasteiger partial charge on any atom is -0.354 e. The number of nitrogens with one attached hydrogen (secondary N) is 1. The summed E-state index contributed by atoms with van der Waals surface area (Å²) in [4.78, 5) is 15.1. The molecular weight excluding hydrogens is 182 g/mol. The minimum absolute atomic E-state index is 0.152. The predicted octanol–water partition coefficient (Wildman–Crippen LogP) is -1.18. The number of aryl methyl sites for hydroxylation is 1. The van der Waals surface area contributed by atoms with Crippen LogP contribution in [0.1, 0.15) is 12.7 Å². The molecule has 0 bridgehead atoms. The fourth-order valence-electron chi connectivity index (χ4n) is 0.957. The summed E-state index contributed by atoms with van der Waals surface area (Å²) in [7, 11) is 1.80. The molecule has 0 spiro atoms. The molecular formula is C8H15N5O. The number of rotatable bonds is 4. The van der Waals surface area contributed by atoms with E-state index in [4.69, 9.17) is 5.73 Å². The zero-order valence-corrected chi connectivity index (χ0v) is 8.40. The van der Waals surface area contributed by atoms with Gasteiger partial charge in [-0.2, -0.15) is 5.10 Å². The second-order valence-electron chi connectivity index (χ2n) is 3.16. The molecule has 14 heavy (non-hydrogen) atoms. The maximum Gasteiger partial charge on any atom is 0.236 e. The maximum absolute atomic E-state index is 11.1. The summed E-state index contributed by atoms with van der Waals surface area (Å²) >= 11 is 0. The van der Waals surface area contributed by atoms with E-state index in [2.05, 4.69) is 15.4 Å². The van der Waals surface area contributed by atoms with E-state index < -0.39 is 6.04 Å². The predicted molar refractivity (Wildman–Crippen MR) is 51.4 cm³/mol. The summed E-state index contributed by atoms with van der Waals surface area (Å²) in [5.74, 6) is 0.568. The van der Waals surface area contributed by atoms with E-state index in [9.17, 15) is 4.79 Å². The van der Waals surface area contributed by atoms with Gasteiger partial charge in [-0.3, -0.25) is 9.48 Å². The van der Waals surface area contributed by atoms with Crippen LogP contribution in [0.25, 0.3) is 0 Å². The van der Waals surface area contributed by atoms with Gasteiger partial charge >= 0.3 is 0 Å². The Labute approximate surface area is 82.5 Å². The first-order valence-corrected chi connectivity index (χ1v) is 4.47. The summed E-state index contributed by atoms with van der Waals surface area (Å²) in [6.45, 7) is 2.17. The summed E-state index contributed by atoms with van der Waals surface area (Å²) in [5.41, 5.74) is 5.37. The van der Waals surface area contributed by atoms with Gasteiger partial charge in [0.15, 0.2) is 5.82 Å². The smallest absolute Gasteiger partial charge is 0.236 e. The van der Waals surface area contributed by atoms with Crippen molar-refractivity contribution >= 4 is 5.91 Å². The van der Waals surface area contributed by atoms with Crippen LogP contribution in [0.5, 0.6) is 0 Å². The molecule has 1 heterocycles. The van der Waals surface area contributed by atoms with E-state index in [1.54, 1.807) is 25.0 Å². The van der Waals surface area contributed by atoms with Gasteiger partial charge in [0.1, 0.15) is 6.33 Å². The minimum atomic E-state index is -0.466. The molecule has 0 saturated heterocycles. The molecule has 1 amide bonds. The first-order chi connectivity index (χ1) is 6.59. The maximum atomic E-state index is 11.1. The molecule has 0 unspecified atom stereocenters. The normalized spacial score (nSPS) is 12.5. The van der Waals surface area contributed by atoms with Gasteiger partial charge in [-0.1, -0.05) is 0 Å². The highest BCUT2D eigenvalue weighted by atomic mass is 16.2. The molecule has 0 aliphatic rings. The SMILES string of the molecule is C[C@H](N)C(=O)NCCc1ncn(C)n1.